The molecule has 14 nitrogen and oxygen atoms in total. The van der Waals surface area contributed by atoms with Gasteiger partial charge in [0.15, 0.2) is 0 Å². The van der Waals surface area contributed by atoms with E-state index >= 15 is 0 Å². The van der Waals surface area contributed by atoms with E-state index in [1.54, 1.807) is 43.9 Å². The summed E-state index contributed by atoms with van der Waals surface area (Å²) in [7, 11) is 0. The van der Waals surface area contributed by atoms with Gasteiger partial charge in [-0.2, -0.15) is 0 Å². The lowest BCUT2D eigenvalue weighted by Gasteiger charge is -2.39. The summed E-state index contributed by atoms with van der Waals surface area (Å²) in [5.41, 5.74) is 15.3. The van der Waals surface area contributed by atoms with Crippen LogP contribution in [-0.4, -0.2) is 122 Å². The molecule has 3 aliphatic heterocycles. The summed E-state index contributed by atoms with van der Waals surface area (Å²) in [5.74, 6) is -0.524. The minimum atomic E-state index is -1.03. The van der Waals surface area contributed by atoms with Crippen molar-refractivity contribution < 1.29 is 38.1 Å². The number of carbonyl (C=O) groups is 4. The van der Waals surface area contributed by atoms with Crippen LogP contribution in [0.1, 0.15) is 43.8 Å². The van der Waals surface area contributed by atoms with Crippen LogP contribution in [0, 0.1) is 5.92 Å². The Morgan fingerprint density at radius 1 is 0.642 bits per heavy atom. The topological polar surface area (TPSA) is 170 Å². The minimum absolute atomic E-state index is 0.0346. The van der Waals surface area contributed by atoms with Gasteiger partial charge in [-0.1, -0.05) is 54.6 Å². The third kappa shape index (κ3) is 9.70. The summed E-state index contributed by atoms with van der Waals surface area (Å²) >= 11 is 0. The highest BCUT2D eigenvalue weighted by Crippen LogP contribution is 2.28. The van der Waals surface area contributed by atoms with Crippen LogP contribution >= 0.6 is 0 Å². The van der Waals surface area contributed by atoms with Crippen molar-refractivity contribution in [1.82, 2.24) is 19.6 Å². The van der Waals surface area contributed by atoms with Crippen LogP contribution in [-0.2, 0) is 38.6 Å². The Balaban J connectivity index is 1.02. The van der Waals surface area contributed by atoms with E-state index in [9.17, 15) is 19.2 Å². The van der Waals surface area contributed by atoms with Crippen LogP contribution in [0.15, 0.2) is 78.9 Å². The van der Waals surface area contributed by atoms with E-state index in [-0.39, 0.29) is 37.6 Å². The van der Waals surface area contributed by atoms with Crippen LogP contribution in [0.25, 0.3) is 0 Å². The first kappa shape index (κ1) is 37.7. The average Bonchev–Trinajstić information content (AvgIpc) is 3.22. The third-order valence-electron chi connectivity index (χ3n) is 9.90. The zero-order chi connectivity index (χ0) is 37.2. The number of nitrogens with two attached hydrogens (primary N) is 2. The normalized spacial score (nSPS) is 20.5. The second-order valence-corrected chi connectivity index (χ2v) is 13.4. The zero-order valence-corrected chi connectivity index (χ0v) is 29.8. The van der Waals surface area contributed by atoms with Gasteiger partial charge in [-0.3, -0.25) is 9.59 Å². The van der Waals surface area contributed by atoms with Crippen molar-refractivity contribution in [2.45, 2.75) is 38.5 Å². The number of rotatable bonds is 10. The van der Waals surface area contributed by atoms with Crippen molar-refractivity contribution in [2.75, 3.05) is 65.6 Å². The predicted octanol–water partition coefficient (Wildman–Crippen LogP) is 3.04. The quantitative estimate of drug-likeness (QED) is 0.317. The molecule has 3 aromatic carbocycles. The van der Waals surface area contributed by atoms with Crippen molar-refractivity contribution in [3.05, 3.63) is 107 Å². The molecule has 0 bridgehead atoms. The van der Waals surface area contributed by atoms with Crippen LogP contribution in [0.4, 0.5) is 9.59 Å². The van der Waals surface area contributed by atoms with Crippen LogP contribution in [0.2, 0.25) is 0 Å². The molecule has 3 saturated heterocycles. The fourth-order valence-electron chi connectivity index (χ4n) is 6.73. The molecule has 3 fully saturated rings. The molecule has 4 amide bonds. The first-order valence-corrected chi connectivity index (χ1v) is 18.1. The molecule has 3 heterocycles. The van der Waals surface area contributed by atoms with E-state index in [4.69, 9.17) is 30.4 Å². The molecule has 3 atom stereocenters. The van der Waals surface area contributed by atoms with E-state index in [1.807, 2.05) is 54.6 Å². The summed E-state index contributed by atoms with van der Waals surface area (Å²) < 4.78 is 24.0. The molecule has 0 saturated carbocycles. The van der Waals surface area contributed by atoms with Crippen molar-refractivity contribution in [1.29, 1.82) is 0 Å². The molecule has 4 N–H and O–H groups in total. The molecule has 6 rings (SSSR count). The van der Waals surface area contributed by atoms with Gasteiger partial charge >= 0.3 is 12.2 Å². The van der Waals surface area contributed by atoms with E-state index in [0.29, 0.717) is 83.0 Å². The minimum Gasteiger partial charge on any atom is -0.449 e. The Hall–Kier alpha value is -5.02. The largest absolute Gasteiger partial charge is 0.449 e. The van der Waals surface area contributed by atoms with Crippen molar-refractivity contribution in [3.63, 3.8) is 0 Å². The molecule has 1 unspecified atom stereocenters. The van der Waals surface area contributed by atoms with Gasteiger partial charge in [-0.05, 0) is 47.4 Å². The standard InChI is InChI=1S/C39H48N6O8/c40-24-29-8-4-10-31(22-29)35(46)42-13-17-44(18-14-42)38(48)52-27-33-12-21-50-37(34(33)51-26-28-6-2-1-3-7-28)53-39(49)45-19-15-43(16-20-45)36(47)32-11-5-9-30(23-32)25-41/h1-11,22-23,33-34,37H,12-21,24-27,40-41H2/t33-,34?,37+/m1/s1. The molecule has 0 aliphatic carbocycles. The first-order chi connectivity index (χ1) is 25.8. The predicted molar refractivity (Wildman–Crippen MR) is 194 cm³/mol. The number of carbonyl (C=O) groups excluding carboxylic acids is 4. The lowest BCUT2D eigenvalue weighted by atomic mass is 9.96. The summed E-state index contributed by atoms with van der Waals surface area (Å²) in [4.78, 5) is 59.4. The highest BCUT2D eigenvalue weighted by Gasteiger charge is 2.40. The second kappa shape index (κ2) is 18.1. The maximum absolute atomic E-state index is 13.4. The van der Waals surface area contributed by atoms with Crippen LogP contribution in [0.3, 0.4) is 0 Å². The molecule has 282 valence electrons. The number of nitrogens with zero attached hydrogens (tertiary/aromatic N) is 4. The van der Waals surface area contributed by atoms with E-state index < -0.39 is 24.6 Å². The van der Waals surface area contributed by atoms with Gasteiger partial charge in [-0.25, -0.2) is 9.59 Å². The Bertz CT molecular complexity index is 1710. The molecule has 53 heavy (non-hydrogen) atoms. The van der Waals surface area contributed by atoms with Gasteiger partial charge in [0.2, 0.25) is 6.29 Å². The molecule has 3 aromatic rings. The van der Waals surface area contributed by atoms with Gasteiger partial charge < -0.3 is 50.0 Å². The van der Waals surface area contributed by atoms with Gasteiger partial charge in [-0.15, -0.1) is 0 Å². The third-order valence-corrected chi connectivity index (χ3v) is 9.90. The van der Waals surface area contributed by atoms with E-state index in [2.05, 4.69) is 0 Å². The molecule has 0 aromatic heterocycles. The van der Waals surface area contributed by atoms with Gasteiger partial charge in [0, 0.05) is 82.5 Å². The fraction of sp³-hybridized carbons (Fsp3) is 0.436. The smallest absolute Gasteiger partial charge is 0.412 e. The summed E-state index contributed by atoms with van der Waals surface area (Å²) in [5, 5.41) is 0. The number of hydrogen-bond donors (Lipinski definition) is 2. The number of amides is 4. The zero-order valence-electron chi connectivity index (χ0n) is 29.8. The Labute approximate surface area is 309 Å². The lowest BCUT2D eigenvalue weighted by Crippen LogP contribution is -2.53. The summed E-state index contributed by atoms with van der Waals surface area (Å²) in [6, 6.07) is 24.1. The number of benzene rings is 3. The highest BCUT2D eigenvalue weighted by molar-refractivity contribution is 5.95. The SMILES string of the molecule is NCc1cccc(C(=O)N2CCN(C(=O)OC[C@H]3CCO[C@@H](OC(=O)N4CCN(C(=O)c5cccc(CN)c5)CC4)C3OCc3ccccc3)CC2)c1. The second-order valence-electron chi connectivity index (χ2n) is 13.4. The summed E-state index contributed by atoms with van der Waals surface area (Å²) in [6.45, 7) is 3.96. The van der Waals surface area contributed by atoms with Crippen LogP contribution in [0.5, 0.6) is 0 Å². The molecular formula is C39H48N6O8. The molecular weight excluding hydrogens is 680 g/mol. The molecule has 3 aliphatic rings. The average molecular weight is 729 g/mol. The van der Waals surface area contributed by atoms with Crippen molar-refractivity contribution >= 4 is 24.0 Å². The number of piperazine rings is 2. The van der Waals surface area contributed by atoms with E-state index in [1.165, 1.54) is 0 Å². The maximum Gasteiger partial charge on any atom is 0.412 e. The maximum atomic E-state index is 13.4. The number of hydrogen-bond acceptors (Lipinski definition) is 10. The Morgan fingerprint density at radius 2 is 1.15 bits per heavy atom. The fourth-order valence-corrected chi connectivity index (χ4v) is 6.73. The van der Waals surface area contributed by atoms with Crippen molar-refractivity contribution in [3.8, 4) is 0 Å². The van der Waals surface area contributed by atoms with Crippen LogP contribution < -0.4 is 11.5 Å². The molecule has 14 heteroatoms. The molecule has 0 spiro atoms. The van der Waals surface area contributed by atoms with Crippen molar-refractivity contribution in [2.24, 2.45) is 17.4 Å². The van der Waals surface area contributed by atoms with Gasteiger partial charge in [0.1, 0.15) is 6.10 Å². The monoisotopic (exact) mass is 728 g/mol. The van der Waals surface area contributed by atoms with E-state index in [0.717, 1.165) is 16.7 Å². The number of ether oxygens (including phenoxy) is 4. The molecule has 0 radical (unpaired) electrons. The Morgan fingerprint density at radius 3 is 1.70 bits per heavy atom. The Kier molecular flexibility index (Phi) is 12.9. The highest BCUT2D eigenvalue weighted by atomic mass is 16.7. The van der Waals surface area contributed by atoms with Gasteiger partial charge in [0.05, 0.1) is 19.8 Å². The summed E-state index contributed by atoms with van der Waals surface area (Å²) in [6.07, 6.45) is -2.27. The lowest BCUT2D eigenvalue weighted by molar-refractivity contribution is -0.231. The first-order valence-electron chi connectivity index (χ1n) is 18.1. The van der Waals surface area contributed by atoms with Gasteiger partial charge in [0.25, 0.3) is 11.8 Å².